The fraction of sp³-hybridized carbons (Fsp3) is 0.353. The lowest BCUT2D eigenvalue weighted by atomic mass is 10.1. The number of oxazole rings is 1. The van der Waals surface area contributed by atoms with Crippen LogP contribution in [0.1, 0.15) is 35.5 Å². The average Bonchev–Trinajstić information content (AvgIpc) is 3.14. The van der Waals surface area contributed by atoms with Crippen LogP contribution in [-0.2, 0) is 4.79 Å². The van der Waals surface area contributed by atoms with E-state index >= 15 is 0 Å². The van der Waals surface area contributed by atoms with Gasteiger partial charge in [-0.2, -0.15) is 0 Å². The number of carboxylic acid groups (broad SMARTS) is 1. The van der Waals surface area contributed by atoms with Crippen LogP contribution in [0.3, 0.4) is 0 Å². The normalized spacial score (nSPS) is 17.4. The number of aromatic nitrogens is 1. The zero-order chi connectivity index (χ0) is 16.4. The van der Waals surface area contributed by atoms with Crippen molar-refractivity contribution in [3.63, 3.8) is 0 Å². The van der Waals surface area contributed by atoms with Crippen molar-refractivity contribution < 1.29 is 19.1 Å². The smallest absolute Gasteiger partial charge is 0.305 e. The number of hydrogen-bond donors (Lipinski definition) is 1. The Balaban J connectivity index is 1.85. The average molecular weight is 314 g/mol. The summed E-state index contributed by atoms with van der Waals surface area (Å²) in [5.74, 6) is -0.573. The first-order valence-electron chi connectivity index (χ1n) is 7.62. The number of benzene rings is 1. The highest BCUT2D eigenvalue weighted by Gasteiger charge is 2.33. The molecule has 120 valence electrons. The number of aliphatic carboxylic acids is 1. The van der Waals surface area contributed by atoms with Gasteiger partial charge >= 0.3 is 5.97 Å². The van der Waals surface area contributed by atoms with Gasteiger partial charge in [0.25, 0.3) is 5.91 Å². The van der Waals surface area contributed by atoms with Gasteiger partial charge in [-0.1, -0.05) is 18.2 Å². The van der Waals surface area contributed by atoms with Gasteiger partial charge in [-0.15, -0.1) is 0 Å². The lowest BCUT2D eigenvalue weighted by Crippen LogP contribution is -2.37. The van der Waals surface area contributed by atoms with Crippen LogP contribution in [0.4, 0.5) is 0 Å². The van der Waals surface area contributed by atoms with Crippen LogP contribution in [-0.4, -0.2) is 39.5 Å². The van der Waals surface area contributed by atoms with Crippen molar-refractivity contribution in [2.45, 2.75) is 32.2 Å². The lowest BCUT2D eigenvalue weighted by Gasteiger charge is -2.22. The van der Waals surface area contributed by atoms with Crippen LogP contribution in [0, 0.1) is 6.92 Å². The number of hydrogen-bond acceptors (Lipinski definition) is 4. The van der Waals surface area contributed by atoms with E-state index < -0.39 is 5.97 Å². The molecule has 0 radical (unpaired) electrons. The summed E-state index contributed by atoms with van der Waals surface area (Å²) in [6, 6.07) is 9.10. The SMILES string of the molecule is Cc1nc(-c2ccccc2)oc1C(=O)N1CCCC1CC(=O)O. The summed E-state index contributed by atoms with van der Waals surface area (Å²) in [5.41, 5.74) is 1.33. The fourth-order valence-electron chi connectivity index (χ4n) is 2.95. The van der Waals surface area contributed by atoms with Crippen molar-refractivity contribution in [1.82, 2.24) is 9.88 Å². The molecule has 0 spiro atoms. The first kappa shape index (κ1) is 15.3. The van der Waals surface area contributed by atoms with Crippen molar-refractivity contribution in [1.29, 1.82) is 0 Å². The van der Waals surface area contributed by atoms with Crippen LogP contribution < -0.4 is 0 Å². The third kappa shape index (κ3) is 3.11. The highest BCUT2D eigenvalue weighted by molar-refractivity contribution is 5.93. The summed E-state index contributed by atoms with van der Waals surface area (Å²) >= 11 is 0. The molecule has 0 bridgehead atoms. The number of nitrogens with zero attached hydrogens (tertiary/aromatic N) is 2. The first-order chi connectivity index (χ1) is 11.1. The second-order valence-corrected chi connectivity index (χ2v) is 5.69. The standard InChI is InChI=1S/C17H18N2O4/c1-11-15(23-16(18-11)12-6-3-2-4-7-12)17(22)19-9-5-8-13(19)10-14(20)21/h2-4,6-7,13H,5,8-10H2,1H3,(H,20,21). The molecular weight excluding hydrogens is 296 g/mol. The van der Waals surface area contributed by atoms with E-state index in [-0.39, 0.29) is 24.1 Å². The molecule has 2 aromatic rings. The molecule has 1 aromatic heterocycles. The van der Waals surface area contributed by atoms with Crippen molar-refractivity contribution in [3.05, 3.63) is 41.8 Å². The van der Waals surface area contributed by atoms with Crippen molar-refractivity contribution >= 4 is 11.9 Å². The molecule has 1 amide bonds. The fourth-order valence-corrected chi connectivity index (χ4v) is 2.95. The molecule has 1 saturated heterocycles. The number of likely N-dealkylation sites (tertiary alicyclic amines) is 1. The Kier molecular flexibility index (Phi) is 4.14. The molecule has 2 heterocycles. The summed E-state index contributed by atoms with van der Waals surface area (Å²) in [6.45, 7) is 2.28. The maximum Gasteiger partial charge on any atom is 0.305 e. The van der Waals surface area contributed by atoms with E-state index in [0.717, 1.165) is 12.0 Å². The number of amides is 1. The molecule has 1 unspecified atom stereocenters. The zero-order valence-electron chi connectivity index (χ0n) is 12.9. The molecule has 6 heteroatoms. The number of carboxylic acids is 1. The lowest BCUT2D eigenvalue weighted by molar-refractivity contribution is -0.137. The van der Waals surface area contributed by atoms with E-state index in [1.165, 1.54) is 0 Å². The predicted molar refractivity (Wildman–Crippen MR) is 83.0 cm³/mol. The Morgan fingerprint density at radius 1 is 1.35 bits per heavy atom. The van der Waals surface area contributed by atoms with E-state index in [2.05, 4.69) is 4.98 Å². The van der Waals surface area contributed by atoms with Crippen LogP contribution in [0.15, 0.2) is 34.7 Å². The van der Waals surface area contributed by atoms with E-state index in [9.17, 15) is 9.59 Å². The molecule has 1 aromatic carbocycles. The van der Waals surface area contributed by atoms with Gasteiger partial charge in [-0.25, -0.2) is 4.98 Å². The zero-order valence-corrected chi connectivity index (χ0v) is 12.9. The van der Waals surface area contributed by atoms with Crippen LogP contribution in [0.2, 0.25) is 0 Å². The Labute approximate surface area is 133 Å². The molecule has 0 saturated carbocycles. The quantitative estimate of drug-likeness (QED) is 0.938. The first-order valence-corrected chi connectivity index (χ1v) is 7.62. The largest absolute Gasteiger partial charge is 0.481 e. The van der Waals surface area contributed by atoms with E-state index in [1.54, 1.807) is 11.8 Å². The minimum atomic E-state index is -0.894. The van der Waals surface area contributed by atoms with Crippen LogP contribution in [0.5, 0.6) is 0 Å². The second kappa shape index (κ2) is 6.24. The van der Waals surface area contributed by atoms with Gasteiger partial charge in [0.1, 0.15) is 0 Å². The molecule has 23 heavy (non-hydrogen) atoms. The summed E-state index contributed by atoms with van der Waals surface area (Å²) < 4.78 is 5.68. The van der Waals surface area contributed by atoms with Gasteiger partial charge in [-0.05, 0) is 31.9 Å². The molecule has 1 aliphatic rings. The van der Waals surface area contributed by atoms with Crippen LogP contribution in [0.25, 0.3) is 11.5 Å². The maximum absolute atomic E-state index is 12.7. The van der Waals surface area contributed by atoms with E-state index in [1.807, 2.05) is 30.3 Å². The summed E-state index contributed by atoms with van der Waals surface area (Å²) in [5, 5.41) is 8.98. The van der Waals surface area contributed by atoms with Crippen molar-refractivity contribution in [2.24, 2.45) is 0 Å². The Hall–Kier alpha value is -2.63. The number of aryl methyl sites for hydroxylation is 1. The molecule has 1 atom stereocenters. The topological polar surface area (TPSA) is 83.6 Å². The molecule has 6 nitrogen and oxygen atoms in total. The van der Waals surface area contributed by atoms with Crippen LogP contribution >= 0.6 is 0 Å². The molecule has 0 aliphatic carbocycles. The van der Waals surface area contributed by atoms with Gasteiger partial charge in [0.15, 0.2) is 0 Å². The second-order valence-electron chi connectivity index (χ2n) is 5.69. The summed E-state index contributed by atoms with van der Waals surface area (Å²) in [4.78, 5) is 29.6. The Morgan fingerprint density at radius 3 is 2.78 bits per heavy atom. The third-order valence-electron chi connectivity index (χ3n) is 4.06. The van der Waals surface area contributed by atoms with Gasteiger partial charge in [0, 0.05) is 18.2 Å². The maximum atomic E-state index is 12.7. The molecule has 1 fully saturated rings. The molecule has 1 aliphatic heterocycles. The predicted octanol–water partition coefficient (Wildman–Crippen LogP) is 2.73. The Morgan fingerprint density at radius 2 is 2.09 bits per heavy atom. The highest BCUT2D eigenvalue weighted by Crippen LogP contribution is 2.26. The molecule has 3 rings (SSSR count). The van der Waals surface area contributed by atoms with E-state index in [4.69, 9.17) is 9.52 Å². The number of rotatable bonds is 4. The van der Waals surface area contributed by atoms with Crippen molar-refractivity contribution in [3.8, 4) is 11.5 Å². The number of carbonyl (C=O) groups is 2. The minimum absolute atomic E-state index is 0.0372. The van der Waals surface area contributed by atoms with Gasteiger partial charge in [-0.3, -0.25) is 9.59 Å². The van der Waals surface area contributed by atoms with Crippen molar-refractivity contribution in [2.75, 3.05) is 6.54 Å². The van der Waals surface area contributed by atoms with Gasteiger partial charge in [0.2, 0.25) is 11.7 Å². The van der Waals surface area contributed by atoms with E-state index in [0.29, 0.717) is 24.6 Å². The Bertz CT molecular complexity index is 723. The summed E-state index contributed by atoms with van der Waals surface area (Å²) in [6.07, 6.45) is 1.48. The highest BCUT2D eigenvalue weighted by atomic mass is 16.4. The summed E-state index contributed by atoms with van der Waals surface area (Å²) in [7, 11) is 0. The molecule has 1 N–H and O–H groups in total. The van der Waals surface area contributed by atoms with Gasteiger partial charge < -0.3 is 14.4 Å². The third-order valence-corrected chi connectivity index (χ3v) is 4.06. The molecular formula is C17H18N2O4. The van der Waals surface area contributed by atoms with Gasteiger partial charge in [0.05, 0.1) is 12.1 Å². The monoisotopic (exact) mass is 314 g/mol. The number of carbonyl (C=O) groups excluding carboxylic acids is 1. The minimum Gasteiger partial charge on any atom is -0.481 e.